The van der Waals surface area contributed by atoms with Crippen molar-refractivity contribution in [1.82, 2.24) is 9.55 Å². The lowest BCUT2D eigenvalue weighted by Crippen LogP contribution is -1.95. The van der Waals surface area contributed by atoms with Gasteiger partial charge in [-0.15, -0.1) is 0 Å². The molecule has 0 unspecified atom stereocenters. The normalized spacial score (nSPS) is 11.4. The third kappa shape index (κ3) is 2.13. The van der Waals surface area contributed by atoms with Gasteiger partial charge in [0.15, 0.2) is 0 Å². The molecule has 0 aliphatic rings. The Bertz CT molecular complexity index is 761. The van der Waals surface area contributed by atoms with Gasteiger partial charge in [-0.3, -0.25) is 4.57 Å². The van der Waals surface area contributed by atoms with Gasteiger partial charge in [-0.2, -0.15) is 0 Å². The molecule has 0 fully saturated rings. The van der Waals surface area contributed by atoms with Crippen LogP contribution in [-0.4, -0.2) is 15.9 Å². The number of hydrogen-bond acceptors (Lipinski definition) is 2. The summed E-state index contributed by atoms with van der Waals surface area (Å²) in [6.07, 6.45) is 1.26. The molecule has 3 rings (SSSR count). The first-order valence-electron chi connectivity index (χ1n) is 5.77. The van der Waals surface area contributed by atoms with Crippen molar-refractivity contribution in [3.63, 3.8) is 0 Å². The zero-order valence-corrected chi connectivity index (χ0v) is 11.6. The second-order valence-corrected chi connectivity index (χ2v) is 4.91. The van der Waals surface area contributed by atoms with E-state index in [1.165, 1.54) is 6.34 Å². The summed E-state index contributed by atoms with van der Waals surface area (Å²) in [5, 5.41) is 0. The van der Waals surface area contributed by atoms with Gasteiger partial charge in [0.05, 0.1) is 23.1 Å². The number of nitrogens with two attached hydrogens (primary N) is 1. The average molecular weight is 315 g/mol. The monoisotopic (exact) mass is 314 g/mol. The van der Waals surface area contributed by atoms with Crippen LogP contribution in [0.15, 0.2) is 58.0 Å². The molecule has 4 nitrogen and oxygen atoms in total. The predicted molar refractivity (Wildman–Crippen MR) is 81.1 cm³/mol. The second kappa shape index (κ2) is 4.85. The van der Waals surface area contributed by atoms with E-state index in [0.717, 1.165) is 21.2 Å². The number of nitrogens with zero attached hydrogens (tertiary/aromatic N) is 3. The van der Waals surface area contributed by atoms with Gasteiger partial charge < -0.3 is 5.73 Å². The van der Waals surface area contributed by atoms with Crippen LogP contribution in [0.25, 0.3) is 16.7 Å². The Morgan fingerprint density at radius 1 is 1.16 bits per heavy atom. The van der Waals surface area contributed by atoms with Gasteiger partial charge in [0.2, 0.25) is 5.95 Å². The SMILES string of the molecule is NC=Nc1nc2ccccc2n1-c1cccc(Br)c1. The third-order valence-corrected chi connectivity index (χ3v) is 3.29. The topological polar surface area (TPSA) is 56.2 Å². The lowest BCUT2D eigenvalue weighted by molar-refractivity contribution is 1.07. The van der Waals surface area contributed by atoms with Crippen molar-refractivity contribution >= 4 is 39.3 Å². The second-order valence-electron chi connectivity index (χ2n) is 3.99. The lowest BCUT2D eigenvalue weighted by Gasteiger charge is -2.06. The fraction of sp³-hybridized carbons (Fsp3) is 0. The molecule has 0 saturated carbocycles. The van der Waals surface area contributed by atoms with Crippen LogP contribution in [0.3, 0.4) is 0 Å². The molecule has 0 atom stereocenters. The molecule has 0 aliphatic heterocycles. The predicted octanol–water partition coefficient (Wildman–Crippen LogP) is 3.41. The molecule has 0 bridgehead atoms. The van der Waals surface area contributed by atoms with Crippen LogP contribution in [0, 0.1) is 0 Å². The smallest absolute Gasteiger partial charge is 0.236 e. The summed E-state index contributed by atoms with van der Waals surface area (Å²) < 4.78 is 2.98. The van der Waals surface area contributed by atoms with Crippen molar-refractivity contribution in [1.29, 1.82) is 0 Å². The van der Waals surface area contributed by atoms with Gasteiger partial charge in [-0.05, 0) is 30.3 Å². The molecule has 1 heterocycles. The fourth-order valence-corrected chi connectivity index (χ4v) is 2.42. The van der Waals surface area contributed by atoms with Gasteiger partial charge in [0.1, 0.15) is 0 Å². The summed E-state index contributed by atoms with van der Waals surface area (Å²) in [6.45, 7) is 0. The summed E-state index contributed by atoms with van der Waals surface area (Å²) in [5.41, 5.74) is 8.29. The summed E-state index contributed by atoms with van der Waals surface area (Å²) in [6, 6.07) is 15.9. The van der Waals surface area contributed by atoms with E-state index in [-0.39, 0.29) is 0 Å². The maximum Gasteiger partial charge on any atom is 0.236 e. The van der Waals surface area contributed by atoms with E-state index >= 15 is 0 Å². The molecule has 5 heteroatoms. The maximum absolute atomic E-state index is 5.40. The lowest BCUT2D eigenvalue weighted by atomic mass is 10.3. The number of rotatable bonds is 2. The van der Waals surface area contributed by atoms with Crippen molar-refractivity contribution in [2.24, 2.45) is 10.7 Å². The molecule has 0 aliphatic carbocycles. The number of aliphatic imine (C=N–C) groups is 1. The van der Waals surface area contributed by atoms with E-state index in [9.17, 15) is 0 Å². The van der Waals surface area contributed by atoms with Crippen LogP contribution in [-0.2, 0) is 0 Å². The number of benzene rings is 2. The zero-order valence-electron chi connectivity index (χ0n) is 9.99. The maximum atomic E-state index is 5.40. The molecule has 0 amide bonds. The number of hydrogen-bond donors (Lipinski definition) is 1. The van der Waals surface area contributed by atoms with Gasteiger partial charge in [0.25, 0.3) is 0 Å². The van der Waals surface area contributed by atoms with Crippen molar-refractivity contribution in [2.45, 2.75) is 0 Å². The Balaban J connectivity index is 2.34. The molecule has 0 radical (unpaired) electrons. The zero-order chi connectivity index (χ0) is 13.2. The summed E-state index contributed by atoms with van der Waals surface area (Å²) >= 11 is 3.48. The summed E-state index contributed by atoms with van der Waals surface area (Å²) in [5.74, 6) is 0.571. The Labute approximate surface area is 118 Å². The van der Waals surface area contributed by atoms with E-state index in [1.54, 1.807) is 0 Å². The molecule has 2 aromatic carbocycles. The standard InChI is InChI=1S/C14H11BrN4/c15-10-4-3-5-11(8-10)19-13-7-2-1-6-12(13)18-14(19)17-9-16/h1-9H,(H2,16,17,18). The highest BCUT2D eigenvalue weighted by Gasteiger charge is 2.11. The average Bonchev–Trinajstić information content (AvgIpc) is 2.77. The number of para-hydroxylation sites is 2. The highest BCUT2D eigenvalue weighted by atomic mass is 79.9. The highest BCUT2D eigenvalue weighted by Crippen LogP contribution is 2.27. The number of aromatic nitrogens is 2. The summed E-state index contributed by atoms with van der Waals surface area (Å²) in [7, 11) is 0. The van der Waals surface area contributed by atoms with Crippen LogP contribution in [0.1, 0.15) is 0 Å². The molecule has 94 valence electrons. The first-order chi connectivity index (χ1) is 9.29. The van der Waals surface area contributed by atoms with Crippen molar-refractivity contribution in [3.8, 4) is 5.69 Å². The molecular weight excluding hydrogens is 304 g/mol. The first-order valence-corrected chi connectivity index (χ1v) is 6.56. The highest BCUT2D eigenvalue weighted by molar-refractivity contribution is 9.10. The molecule has 0 saturated heterocycles. The van der Waals surface area contributed by atoms with Crippen molar-refractivity contribution < 1.29 is 0 Å². The van der Waals surface area contributed by atoms with E-state index in [1.807, 2.05) is 53.1 Å². The number of halogens is 1. The Hall–Kier alpha value is -2.14. The van der Waals surface area contributed by atoms with Crippen LogP contribution in [0.4, 0.5) is 5.95 Å². The molecule has 1 aromatic heterocycles. The minimum absolute atomic E-state index is 0.571. The van der Waals surface area contributed by atoms with Gasteiger partial charge >= 0.3 is 0 Å². The molecule has 2 N–H and O–H groups in total. The quantitative estimate of drug-likeness (QED) is 0.582. The van der Waals surface area contributed by atoms with Crippen LogP contribution >= 0.6 is 15.9 Å². The van der Waals surface area contributed by atoms with Crippen molar-refractivity contribution in [3.05, 3.63) is 53.0 Å². The molecule has 3 aromatic rings. The van der Waals surface area contributed by atoms with E-state index < -0.39 is 0 Å². The summed E-state index contributed by atoms with van der Waals surface area (Å²) in [4.78, 5) is 8.62. The van der Waals surface area contributed by atoms with Crippen LogP contribution in [0.5, 0.6) is 0 Å². The molecule has 19 heavy (non-hydrogen) atoms. The Morgan fingerprint density at radius 2 is 2.00 bits per heavy atom. The minimum Gasteiger partial charge on any atom is -0.390 e. The van der Waals surface area contributed by atoms with E-state index in [4.69, 9.17) is 5.73 Å². The van der Waals surface area contributed by atoms with Crippen molar-refractivity contribution in [2.75, 3.05) is 0 Å². The van der Waals surface area contributed by atoms with Crippen LogP contribution in [0.2, 0.25) is 0 Å². The molecule has 0 spiro atoms. The fourth-order valence-electron chi connectivity index (χ4n) is 2.04. The van der Waals surface area contributed by atoms with Crippen LogP contribution < -0.4 is 5.73 Å². The largest absolute Gasteiger partial charge is 0.390 e. The van der Waals surface area contributed by atoms with E-state index in [0.29, 0.717) is 5.95 Å². The van der Waals surface area contributed by atoms with Gasteiger partial charge in [0, 0.05) is 4.47 Å². The van der Waals surface area contributed by atoms with Gasteiger partial charge in [-0.25, -0.2) is 9.98 Å². The Kier molecular flexibility index (Phi) is 3.05. The molecular formula is C14H11BrN4. The number of fused-ring (bicyclic) bond motifs is 1. The van der Waals surface area contributed by atoms with E-state index in [2.05, 4.69) is 25.9 Å². The first kappa shape index (κ1) is 11.9. The third-order valence-electron chi connectivity index (χ3n) is 2.80. The Morgan fingerprint density at radius 3 is 2.79 bits per heavy atom. The number of imidazole rings is 1. The minimum atomic E-state index is 0.571. The van der Waals surface area contributed by atoms with Gasteiger partial charge in [-0.1, -0.05) is 34.1 Å².